The van der Waals surface area contributed by atoms with E-state index in [1.165, 1.54) is 19.1 Å². The van der Waals surface area contributed by atoms with Crippen molar-refractivity contribution in [2.45, 2.75) is 63.6 Å². The van der Waals surface area contributed by atoms with E-state index in [1.807, 2.05) is 20.8 Å². The van der Waals surface area contributed by atoms with E-state index in [1.54, 1.807) is 6.08 Å². The van der Waals surface area contributed by atoms with Gasteiger partial charge in [0, 0.05) is 18.3 Å². The van der Waals surface area contributed by atoms with Crippen molar-refractivity contribution < 1.29 is 28.6 Å². The van der Waals surface area contributed by atoms with Gasteiger partial charge in [0.05, 0.1) is 10.4 Å². The van der Waals surface area contributed by atoms with Crippen LogP contribution in [0.5, 0.6) is 0 Å². The lowest BCUT2D eigenvalue weighted by molar-refractivity contribution is -0.151. The molecule has 7 heteroatoms. The number of hydrogen-bond donors (Lipinski definition) is 1. The van der Waals surface area contributed by atoms with E-state index >= 15 is 4.39 Å². The Hall–Kier alpha value is -1.34. The van der Waals surface area contributed by atoms with Crippen LogP contribution in [0.3, 0.4) is 0 Å². The summed E-state index contributed by atoms with van der Waals surface area (Å²) in [6, 6.07) is 0. The van der Waals surface area contributed by atoms with Crippen molar-refractivity contribution in [3.05, 3.63) is 23.8 Å². The van der Waals surface area contributed by atoms with E-state index in [0.29, 0.717) is 12.0 Å². The molecule has 9 atom stereocenters. The molecule has 0 radical (unpaired) electrons. The minimum atomic E-state index is -1.28. The van der Waals surface area contributed by atoms with Gasteiger partial charge in [-0.1, -0.05) is 42.8 Å². The predicted octanol–water partition coefficient (Wildman–Crippen LogP) is 3.73. The molecule has 0 spiro atoms. The number of rotatable bonds is 3. The van der Waals surface area contributed by atoms with Crippen molar-refractivity contribution in [2.24, 2.45) is 34.5 Å². The van der Waals surface area contributed by atoms with Crippen LogP contribution in [0.4, 0.5) is 4.39 Å². The summed E-state index contributed by atoms with van der Waals surface area (Å²) in [7, 11) is 0. The summed E-state index contributed by atoms with van der Waals surface area (Å²) in [6.07, 6.45) is 3.78. The van der Waals surface area contributed by atoms with Gasteiger partial charge in [0.15, 0.2) is 11.6 Å². The summed E-state index contributed by atoms with van der Waals surface area (Å²) >= 11 is 3.90. The predicted molar refractivity (Wildman–Crippen MR) is 116 cm³/mol. The maximum absolute atomic E-state index is 15.5. The van der Waals surface area contributed by atoms with Gasteiger partial charge in [-0.25, -0.2) is 4.39 Å². The van der Waals surface area contributed by atoms with Crippen LogP contribution < -0.4 is 0 Å². The highest BCUT2D eigenvalue weighted by molar-refractivity contribution is 9.10. The Morgan fingerprint density at radius 2 is 1.97 bits per heavy atom. The van der Waals surface area contributed by atoms with Crippen LogP contribution in [0, 0.1) is 34.5 Å². The van der Waals surface area contributed by atoms with E-state index in [-0.39, 0.29) is 48.3 Å². The smallest absolute Gasteiger partial charge is 0.303 e. The SMILES string of the molecule is CC(=O)OCC(=O)C1C(C)CC2C3CC(F)C4=CC(=O)C=CC4(C)C3(Br)C(O)CC21C. The van der Waals surface area contributed by atoms with Crippen LogP contribution in [-0.2, 0) is 19.1 Å². The maximum atomic E-state index is 15.5. The zero-order valence-electron chi connectivity index (χ0n) is 18.4. The lowest BCUT2D eigenvalue weighted by Gasteiger charge is -2.64. The molecule has 1 N–H and O–H groups in total. The summed E-state index contributed by atoms with van der Waals surface area (Å²) in [5, 5.41) is 11.5. The molecule has 3 saturated carbocycles. The van der Waals surface area contributed by atoms with Crippen molar-refractivity contribution in [3.63, 3.8) is 0 Å². The summed E-state index contributed by atoms with van der Waals surface area (Å²) in [5.41, 5.74) is -0.944. The normalized spacial score (nSPS) is 48.4. The zero-order valence-corrected chi connectivity index (χ0v) is 19.9. The first kappa shape index (κ1) is 22.8. The molecule has 4 aliphatic rings. The molecule has 3 fully saturated rings. The summed E-state index contributed by atoms with van der Waals surface area (Å²) in [5.74, 6) is -1.40. The van der Waals surface area contributed by atoms with Crippen molar-refractivity contribution in [1.82, 2.24) is 0 Å². The van der Waals surface area contributed by atoms with E-state index in [9.17, 15) is 19.5 Å². The molecule has 31 heavy (non-hydrogen) atoms. The highest BCUT2D eigenvalue weighted by Crippen LogP contribution is 2.71. The van der Waals surface area contributed by atoms with Gasteiger partial charge in [0.1, 0.15) is 12.8 Å². The molecular formula is C24H30BrFO5. The Morgan fingerprint density at radius 1 is 1.29 bits per heavy atom. The van der Waals surface area contributed by atoms with Gasteiger partial charge in [-0.15, -0.1) is 0 Å². The van der Waals surface area contributed by atoms with Gasteiger partial charge in [-0.2, -0.15) is 0 Å². The third kappa shape index (κ3) is 3.05. The second-order valence-corrected chi connectivity index (χ2v) is 11.7. The average Bonchev–Trinajstić information content (AvgIpc) is 2.94. The van der Waals surface area contributed by atoms with Crippen LogP contribution in [0.25, 0.3) is 0 Å². The largest absolute Gasteiger partial charge is 0.458 e. The van der Waals surface area contributed by atoms with Gasteiger partial charge in [-0.3, -0.25) is 14.4 Å². The highest BCUT2D eigenvalue weighted by Gasteiger charge is 2.71. The first-order valence-corrected chi connectivity index (χ1v) is 11.8. The van der Waals surface area contributed by atoms with Crippen molar-refractivity contribution in [2.75, 3.05) is 6.61 Å². The number of alkyl halides is 2. The molecule has 9 unspecified atom stereocenters. The minimum Gasteiger partial charge on any atom is -0.458 e. The quantitative estimate of drug-likeness (QED) is 0.475. The number of allylic oxidation sites excluding steroid dienone is 4. The molecule has 0 bridgehead atoms. The van der Waals surface area contributed by atoms with Crippen LogP contribution in [-0.4, -0.2) is 45.8 Å². The van der Waals surface area contributed by atoms with Gasteiger partial charge >= 0.3 is 5.97 Å². The van der Waals surface area contributed by atoms with Gasteiger partial charge in [-0.05, 0) is 60.2 Å². The molecular weight excluding hydrogens is 467 g/mol. The average molecular weight is 497 g/mol. The summed E-state index contributed by atoms with van der Waals surface area (Å²) < 4.78 is 19.6. The van der Waals surface area contributed by atoms with E-state index in [2.05, 4.69) is 15.9 Å². The topological polar surface area (TPSA) is 80.7 Å². The number of halogens is 2. The number of aliphatic hydroxyl groups is 1. The highest BCUT2D eigenvalue weighted by atomic mass is 79.9. The number of fused-ring (bicyclic) bond motifs is 5. The second kappa shape index (κ2) is 7.34. The standard InChI is InChI=1S/C24H30BrFO5/c1-12-7-15-16-9-18(26)17-8-14(28)5-6-23(17,4)24(16,25)20(30)10-22(15,3)21(12)19(29)11-31-13(2)27/h5-6,8,12,15-16,18,20-21,30H,7,9-11H2,1-4H3. The fourth-order valence-electron chi connectivity index (χ4n) is 7.52. The second-order valence-electron chi connectivity index (χ2n) is 10.4. The molecule has 0 saturated heterocycles. The molecule has 5 nitrogen and oxygen atoms in total. The fraction of sp³-hybridized carbons (Fsp3) is 0.708. The van der Waals surface area contributed by atoms with Crippen LogP contribution in [0.2, 0.25) is 0 Å². The van der Waals surface area contributed by atoms with Gasteiger partial charge in [0.2, 0.25) is 0 Å². The Bertz CT molecular complexity index is 898. The number of hydrogen-bond acceptors (Lipinski definition) is 5. The molecule has 4 rings (SSSR count). The Morgan fingerprint density at radius 3 is 2.61 bits per heavy atom. The molecule has 0 aromatic heterocycles. The monoisotopic (exact) mass is 496 g/mol. The number of aliphatic hydroxyl groups excluding tert-OH is 1. The molecule has 0 heterocycles. The summed E-state index contributed by atoms with van der Waals surface area (Å²) in [4.78, 5) is 36.3. The van der Waals surface area contributed by atoms with Gasteiger partial charge < -0.3 is 9.84 Å². The van der Waals surface area contributed by atoms with E-state index in [4.69, 9.17) is 4.74 Å². The molecule has 0 aliphatic heterocycles. The number of ketones is 2. The molecule has 4 aliphatic carbocycles. The van der Waals surface area contributed by atoms with E-state index < -0.39 is 33.4 Å². The molecule has 0 aromatic rings. The maximum Gasteiger partial charge on any atom is 0.303 e. The molecule has 170 valence electrons. The number of ether oxygens (including phenoxy) is 1. The Balaban J connectivity index is 1.74. The fourth-order valence-corrected chi connectivity index (χ4v) is 8.55. The molecule has 0 aromatic carbocycles. The van der Waals surface area contributed by atoms with E-state index in [0.717, 1.165) is 6.42 Å². The number of carbonyl (C=O) groups excluding carboxylic acids is 3. The minimum absolute atomic E-state index is 0.0132. The van der Waals surface area contributed by atoms with Crippen molar-refractivity contribution in [1.29, 1.82) is 0 Å². The zero-order chi connectivity index (χ0) is 22.9. The lowest BCUT2D eigenvalue weighted by atomic mass is 9.46. The third-order valence-corrected chi connectivity index (χ3v) is 10.7. The van der Waals surface area contributed by atoms with Crippen molar-refractivity contribution in [3.8, 4) is 0 Å². The number of esters is 1. The molecule has 0 amide bonds. The van der Waals surface area contributed by atoms with Crippen LogP contribution in [0.15, 0.2) is 23.8 Å². The first-order chi connectivity index (χ1) is 14.4. The lowest BCUT2D eigenvalue weighted by Crippen LogP contribution is -2.67. The number of Topliss-reactive ketones (excluding diaryl/α,β-unsaturated/α-hetero) is 1. The van der Waals surface area contributed by atoms with Crippen LogP contribution in [0.1, 0.15) is 47.0 Å². The third-order valence-electron chi connectivity index (χ3n) is 8.73. The number of carbonyl (C=O) groups is 3. The first-order valence-electron chi connectivity index (χ1n) is 11.0. The van der Waals surface area contributed by atoms with Crippen molar-refractivity contribution >= 4 is 33.5 Å². The van der Waals surface area contributed by atoms with Gasteiger partial charge in [0.25, 0.3) is 0 Å². The Labute approximate surface area is 190 Å². The summed E-state index contributed by atoms with van der Waals surface area (Å²) in [6.45, 7) is 6.94. The van der Waals surface area contributed by atoms with Crippen LogP contribution >= 0.6 is 15.9 Å². The Kier molecular flexibility index (Phi) is 5.41.